The largest absolute Gasteiger partial charge is 0.298 e. The lowest BCUT2D eigenvalue weighted by atomic mass is 10.0. The molecule has 2 saturated carbocycles. The lowest BCUT2D eigenvalue weighted by molar-refractivity contribution is 0.480. The first-order valence-electron chi connectivity index (χ1n) is 5.44. The van der Waals surface area contributed by atoms with Crippen LogP contribution in [0.4, 0.5) is 0 Å². The minimum atomic E-state index is -3.80. The molecule has 2 unspecified atom stereocenters. The summed E-state index contributed by atoms with van der Waals surface area (Å²) in [5, 5.41) is 6.06. The number of nitrogens with zero attached hydrogens (tertiary/aromatic N) is 2. The number of nitrogens with one attached hydrogen (secondary N) is 1. The average molecular weight is 262 g/mol. The SMILES string of the molecule is O=S(=O)(Cl)c1n[nH]c(C2C3CCCCC32)n1. The molecule has 2 atom stereocenters. The van der Waals surface area contributed by atoms with Crippen LogP contribution in [0, 0.1) is 11.8 Å². The van der Waals surface area contributed by atoms with E-state index >= 15 is 0 Å². The molecule has 88 valence electrons. The van der Waals surface area contributed by atoms with Crippen LogP contribution in [0.15, 0.2) is 5.16 Å². The molecule has 0 aromatic carbocycles. The summed E-state index contributed by atoms with van der Waals surface area (Å²) < 4.78 is 22.0. The van der Waals surface area contributed by atoms with Crippen molar-refractivity contribution in [1.29, 1.82) is 0 Å². The van der Waals surface area contributed by atoms with E-state index in [1.54, 1.807) is 0 Å². The highest BCUT2D eigenvalue weighted by molar-refractivity contribution is 8.13. The molecule has 1 N–H and O–H groups in total. The fraction of sp³-hybridized carbons (Fsp3) is 0.778. The molecule has 0 radical (unpaired) electrons. The molecule has 0 amide bonds. The average Bonchev–Trinajstić information content (AvgIpc) is 2.72. The molecule has 2 aliphatic carbocycles. The number of hydrogen-bond acceptors (Lipinski definition) is 4. The van der Waals surface area contributed by atoms with Crippen LogP contribution in [0.2, 0.25) is 0 Å². The van der Waals surface area contributed by atoms with E-state index in [1.807, 2.05) is 0 Å². The van der Waals surface area contributed by atoms with Gasteiger partial charge in [0.05, 0.1) is 0 Å². The molecule has 1 heterocycles. The molecule has 0 bridgehead atoms. The Kier molecular flexibility index (Phi) is 2.26. The third-order valence-corrected chi connectivity index (χ3v) is 4.71. The Labute approximate surface area is 98.0 Å². The highest BCUT2D eigenvalue weighted by Crippen LogP contribution is 2.60. The van der Waals surface area contributed by atoms with Crippen molar-refractivity contribution in [2.24, 2.45) is 11.8 Å². The van der Waals surface area contributed by atoms with E-state index in [2.05, 4.69) is 15.2 Å². The Balaban J connectivity index is 1.84. The van der Waals surface area contributed by atoms with E-state index < -0.39 is 9.05 Å². The van der Waals surface area contributed by atoms with Crippen molar-refractivity contribution >= 4 is 19.7 Å². The Morgan fingerprint density at radius 2 is 1.88 bits per heavy atom. The van der Waals surface area contributed by atoms with Crippen molar-refractivity contribution in [2.45, 2.75) is 36.8 Å². The number of halogens is 1. The second kappa shape index (κ2) is 3.43. The third kappa shape index (κ3) is 1.64. The van der Waals surface area contributed by atoms with Gasteiger partial charge in [0.2, 0.25) is 0 Å². The van der Waals surface area contributed by atoms with Crippen molar-refractivity contribution in [1.82, 2.24) is 15.2 Å². The number of hydrogen-bond donors (Lipinski definition) is 1. The topological polar surface area (TPSA) is 75.7 Å². The van der Waals surface area contributed by atoms with Crippen LogP contribution in [0.25, 0.3) is 0 Å². The summed E-state index contributed by atoms with van der Waals surface area (Å²) in [6.45, 7) is 0. The van der Waals surface area contributed by atoms with E-state index in [-0.39, 0.29) is 5.16 Å². The number of fused-ring (bicyclic) bond motifs is 1. The van der Waals surface area contributed by atoms with Gasteiger partial charge in [0.25, 0.3) is 14.2 Å². The predicted molar refractivity (Wildman–Crippen MR) is 57.6 cm³/mol. The molecule has 0 saturated heterocycles. The number of H-pyrrole nitrogens is 1. The maximum Gasteiger partial charge on any atom is 0.298 e. The number of aromatic amines is 1. The van der Waals surface area contributed by atoms with E-state index in [1.165, 1.54) is 25.7 Å². The summed E-state index contributed by atoms with van der Waals surface area (Å²) in [4.78, 5) is 3.98. The molecular weight excluding hydrogens is 250 g/mol. The maximum atomic E-state index is 11.0. The first kappa shape index (κ1) is 10.5. The van der Waals surface area contributed by atoms with Gasteiger partial charge < -0.3 is 0 Å². The second-order valence-electron chi connectivity index (χ2n) is 4.58. The molecule has 7 heteroatoms. The van der Waals surface area contributed by atoms with Crippen molar-refractivity contribution in [2.75, 3.05) is 0 Å². The zero-order valence-electron chi connectivity index (χ0n) is 8.56. The number of rotatable bonds is 2. The summed E-state index contributed by atoms with van der Waals surface area (Å²) in [5.74, 6) is 2.42. The van der Waals surface area contributed by atoms with E-state index in [0.717, 1.165) is 0 Å². The summed E-state index contributed by atoms with van der Waals surface area (Å²) in [6.07, 6.45) is 4.98. The molecule has 1 aromatic heterocycles. The monoisotopic (exact) mass is 261 g/mol. The smallest absolute Gasteiger partial charge is 0.262 e. The van der Waals surface area contributed by atoms with Gasteiger partial charge in [0.15, 0.2) is 0 Å². The van der Waals surface area contributed by atoms with Gasteiger partial charge in [-0.05, 0) is 24.7 Å². The Morgan fingerprint density at radius 1 is 1.25 bits per heavy atom. The van der Waals surface area contributed by atoms with Gasteiger partial charge >= 0.3 is 0 Å². The minimum absolute atomic E-state index is 0.298. The third-order valence-electron chi connectivity index (χ3n) is 3.67. The zero-order chi connectivity index (χ0) is 11.3. The van der Waals surface area contributed by atoms with Crippen molar-refractivity contribution in [3.63, 3.8) is 0 Å². The van der Waals surface area contributed by atoms with Gasteiger partial charge in [-0.15, -0.1) is 5.10 Å². The maximum absolute atomic E-state index is 11.0. The Morgan fingerprint density at radius 3 is 2.38 bits per heavy atom. The van der Waals surface area contributed by atoms with Crippen LogP contribution in [0.3, 0.4) is 0 Å². The molecule has 3 rings (SSSR count). The van der Waals surface area contributed by atoms with E-state index in [0.29, 0.717) is 23.6 Å². The molecule has 0 aliphatic heterocycles. The van der Waals surface area contributed by atoms with Crippen molar-refractivity contribution in [3.05, 3.63) is 5.82 Å². The van der Waals surface area contributed by atoms with E-state index in [9.17, 15) is 8.42 Å². The van der Waals surface area contributed by atoms with Gasteiger partial charge in [0.1, 0.15) is 5.82 Å². The van der Waals surface area contributed by atoms with Crippen LogP contribution in [-0.4, -0.2) is 23.6 Å². The molecule has 1 aromatic rings. The first-order chi connectivity index (χ1) is 7.57. The molecule has 2 aliphatic rings. The molecular formula is C9H12ClN3O2S. The molecule has 16 heavy (non-hydrogen) atoms. The normalized spacial score (nSPS) is 33.4. The summed E-state index contributed by atoms with van der Waals surface area (Å²) in [6, 6.07) is 0. The van der Waals surface area contributed by atoms with Crippen LogP contribution >= 0.6 is 10.7 Å². The predicted octanol–water partition coefficient (Wildman–Crippen LogP) is 1.64. The molecule has 0 spiro atoms. The summed E-state index contributed by atoms with van der Waals surface area (Å²) in [5.41, 5.74) is 0. The first-order valence-corrected chi connectivity index (χ1v) is 7.75. The zero-order valence-corrected chi connectivity index (χ0v) is 10.1. The van der Waals surface area contributed by atoms with Gasteiger partial charge in [-0.1, -0.05) is 12.8 Å². The van der Waals surface area contributed by atoms with Crippen molar-refractivity contribution < 1.29 is 8.42 Å². The van der Waals surface area contributed by atoms with Gasteiger partial charge in [0, 0.05) is 16.6 Å². The second-order valence-corrected chi connectivity index (χ2v) is 7.04. The lowest BCUT2D eigenvalue weighted by Gasteiger charge is -2.04. The van der Waals surface area contributed by atoms with Crippen LogP contribution < -0.4 is 0 Å². The van der Waals surface area contributed by atoms with Crippen molar-refractivity contribution in [3.8, 4) is 0 Å². The Bertz CT molecular complexity index is 501. The molecule has 2 fully saturated rings. The van der Waals surface area contributed by atoms with Gasteiger partial charge in [-0.25, -0.2) is 13.4 Å². The van der Waals surface area contributed by atoms with Gasteiger partial charge in [-0.2, -0.15) is 0 Å². The molecule has 5 nitrogen and oxygen atoms in total. The van der Waals surface area contributed by atoms with Gasteiger partial charge in [-0.3, -0.25) is 5.10 Å². The summed E-state index contributed by atoms with van der Waals surface area (Å²) in [7, 11) is 1.38. The Hall–Kier alpha value is -0.620. The number of aromatic nitrogens is 3. The lowest BCUT2D eigenvalue weighted by Crippen LogP contribution is -1.93. The fourth-order valence-corrected chi connectivity index (χ4v) is 3.48. The van der Waals surface area contributed by atoms with Crippen LogP contribution in [0.5, 0.6) is 0 Å². The van der Waals surface area contributed by atoms with Crippen LogP contribution in [-0.2, 0) is 9.05 Å². The minimum Gasteiger partial charge on any atom is -0.262 e. The van der Waals surface area contributed by atoms with Crippen LogP contribution in [0.1, 0.15) is 37.4 Å². The highest BCUT2D eigenvalue weighted by Gasteiger charge is 2.53. The summed E-state index contributed by atoms with van der Waals surface area (Å²) >= 11 is 0. The highest BCUT2D eigenvalue weighted by atomic mass is 35.7. The fourth-order valence-electron chi connectivity index (χ4n) is 2.91. The van der Waals surface area contributed by atoms with E-state index in [4.69, 9.17) is 10.7 Å². The standard InChI is InChI=1S/C9H12ClN3O2S/c10-16(14,15)9-11-8(12-13-9)7-5-3-1-2-4-6(5)7/h5-7H,1-4H2,(H,11,12,13). The quantitative estimate of drug-likeness (QED) is 0.821.